The van der Waals surface area contributed by atoms with E-state index in [2.05, 4.69) is 14.8 Å². The number of primary amides is 1. The topological polar surface area (TPSA) is 134 Å². The van der Waals surface area contributed by atoms with Crippen LogP contribution in [0.3, 0.4) is 0 Å². The van der Waals surface area contributed by atoms with Gasteiger partial charge in [0.1, 0.15) is 6.04 Å². The van der Waals surface area contributed by atoms with Gasteiger partial charge in [-0.15, -0.1) is 0 Å². The summed E-state index contributed by atoms with van der Waals surface area (Å²) < 4.78 is 14.4. The van der Waals surface area contributed by atoms with Crippen molar-refractivity contribution >= 4 is 23.8 Å². The molecule has 0 heterocycles. The van der Waals surface area contributed by atoms with Crippen LogP contribution in [-0.2, 0) is 33.4 Å². The molecule has 0 saturated heterocycles. The second kappa shape index (κ2) is 10.3. The van der Waals surface area contributed by atoms with E-state index in [-0.39, 0.29) is 0 Å². The van der Waals surface area contributed by atoms with Gasteiger partial charge in [0.25, 0.3) is 5.91 Å². The molecule has 2 amide bonds. The monoisotopic (exact) mass is 380 g/mol. The molecule has 148 valence electrons. The molecule has 0 radical (unpaired) electrons. The van der Waals surface area contributed by atoms with Crippen molar-refractivity contribution in [2.24, 2.45) is 17.6 Å². The summed E-state index contributed by atoms with van der Waals surface area (Å²) in [6.45, 7) is 1.42. The van der Waals surface area contributed by atoms with Gasteiger partial charge < -0.3 is 25.3 Å². The number of amides is 2. The Morgan fingerprint density at radius 2 is 1.48 bits per heavy atom. The van der Waals surface area contributed by atoms with Gasteiger partial charge in [-0.3, -0.25) is 19.2 Å². The zero-order valence-corrected chi connectivity index (χ0v) is 15.6. The maximum atomic E-state index is 12.6. The molecule has 0 aromatic heterocycles. The minimum Gasteiger partial charge on any atom is -0.468 e. The van der Waals surface area contributed by atoms with E-state index in [1.807, 2.05) is 0 Å². The number of hydrogen-bond acceptors (Lipinski definition) is 7. The normalized spacial score (nSPS) is 14.0. The first-order valence-corrected chi connectivity index (χ1v) is 8.11. The standard InChI is InChI=1S/C18H24N2O7/c1-10(12(17(23)26-3)18(24)27-4)13(15(19)21)20-16(22)14(25-2)11-8-6-5-7-9-11/h5-10,12-14H,1-4H3,(H2,19,21)(H,20,22)/t10-,13-,14+/m0/s1. The Bertz CT molecular complexity index is 662. The fraction of sp³-hybridized carbons (Fsp3) is 0.444. The van der Waals surface area contributed by atoms with Gasteiger partial charge in [0, 0.05) is 13.0 Å². The van der Waals surface area contributed by atoms with E-state index >= 15 is 0 Å². The zero-order valence-electron chi connectivity index (χ0n) is 15.6. The summed E-state index contributed by atoms with van der Waals surface area (Å²) in [6, 6.07) is 7.27. The molecule has 0 spiro atoms. The smallest absolute Gasteiger partial charge is 0.320 e. The molecule has 1 rings (SSSR count). The first-order valence-electron chi connectivity index (χ1n) is 8.11. The van der Waals surface area contributed by atoms with E-state index < -0.39 is 47.7 Å². The van der Waals surface area contributed by atoms with Crippen molar-refractivity contribution < 1.29 is 33.4 Å². The van der Waals surface area contributed by atoms with Crippen molar-refractivity contribution in [3.05, 3.63) is 35.9 Å². The first-order chi connectivity index (χ1) is 12.8. The number of esters is 2. The summed E-state index contributed by atoms with van der Waals surface area (Å²) in [4.78, 5) is 48.5. The third kappa shape index (κ3) is 5.52. The van der Waals surface area contributed by atoms with E-state index in [9.17, 15) is 19.2 Å². The Kier molecular flexibility index (Phi) is 8.40. The number of rotatable bonds is 9. The summed E-state index contributed by atoms with van der Waals surface area (Å²) in [7, 11) is 3.53. The number of carbonyl (C=O) groups is 4. The molecule has 0 aliphatic heterocycles. The van der Waals surface area contributed by atoms with Crippen LogP contribution in [0.1, 0.15) is 18.6 Å². The highest BCUT2D eigenvalue weighted by atomic mass is 16.5. The molecule has 1 aromatic rings. The molecule has 0 aliphatic carbocycles. The Morgan fingerprint density at radius 1 is 0.963 bits per heavy atom. The second-order valence-corrected chi connectivity index (χ2v) is 5.80. The first kappa shape index (κ1) is 22.1. The van der Waals surface area contributed by atoms with E-state index in [1.54, 1.807) is 30.3 Å². The van der Waals surface area contributed by atoms with Crippen molar-refractivity contribution in [1.82, 2.24) is 5.32 Å². The summed E-state index contributed by atoms with van der Waals surface area (Å²) in [5.41, 5.74) is 5.95. The molecule has 9 heteroatoms. The molecule has 0 bridgehead atoms. The van der Waals surface area contributed by atoms with Crippen LogP contribution in [0.4, 0.5) is 0 Å². The molecule has 3 N–H and O–H groups in total. The molecule has 0 fully saturated rings. The van der Waals surface area contributed by atoms with Gasteiger partial charge in [-0.1, -0.05) is 37.3 Å². The van der Waals surface area contributed by atoms with E-state index in [4.69, 9.17) is 10.5 Å². The van der Waals surface area contributed by atoms with E-state index in [1.165, 1.54) is 14.0 Å². The van der Waals surface area contributed by atoms with Crippen LogP contribution in [0, 0.1) is 11.8 Å². The van der Waals surface area contributed by atoms with Crippen LogP contribution in [0.25, 0.3) is 0 Å². The Labute approximate surface area is 157 Å². The Hall–Kier alpha value is -2.94. The van der Waals surface area contributed by atoms with Gasteiger partial charge in [0.15, 0.2) is 12.0 Å². The quantitative estimate of drug-likeness (QED) is 0.453. The number of nitrogens with two attached hydrogens (primary N) is 1. The molecule has 0 aliphatic rings. The van der Waals surface area contributed by atoms with Crippen molar-refractivity contribution in [2.75, 3.05) is 21.3 Å². The molecule has 0 unspecified atom stereocenters. The average molecular weight is 380 g/mol. The van der Waals surface area contributed by atoms with Gasteiger partial charge >= 0.3 is 11.9 Å². The molecule has 9 nitrogen and oxygen atoms in total. The third-order valence-corrected chi connectivity index (χ3v) is 4.14. The second-order valence-electron chi connectivity index (χ2n) is 5.80. The number of benzene rings is 1. The fourth-order valence-corrected chi connectivity index (χ4v) is 2.68. The highest BCUT2D eigenvalue weighted by Crippen LogP contribution is 2.22. The van der Waals surface area contributed by atoms with Crippen molar-refractivity contribution in [2.45, 2.75) is 19.1 Å². The number of carbonyl (C=O) groups excluding carboxylic acids is 4. The van der Waals surface area contributed by atoms with Gasteiger partial charge in [0.05, 0.1) is 14.2 Å². The van der Waals surface area contributed by atoms with Gasteiger partial charge in [-0.25, -0.2) is 0 Å². The predicted octanol–water partition coefficient (Wildman–Crippen LogP) is -0.0575. The van der Waals surface area contributed by atoms with Gasteiger partial charge in [0.2, 0.25) is 5.91 Å². The van der Waals surface area contributed by atoms with Gasteiger partial charge in [-0.2, -0.15) is 0 Å². The maximum Gasteiger partial charge on any atom is 0.320 e. The Balaban J connectivity index is 3.09. The predicted molar refractivity (Wildman–Crippen MR) is 94.0 cm³/mol. The summed E-state index contributed by atoms with van der Waals surface area (Å²) >= 11 is 0. The van der Waals surface area contributed by atoms with Crippen LogP contribution >= 0.6 is 0 Å². The van der Waals surface area contributed by atoms with Crippen molar-refractivity contribution in [3.63, 3.8) is 0 Å². The van der Waals surface area contributed by atoms with E-state index in [0.717, 1.165) is 14.2 Å². The SMILES string of the molecule is COC(=O)C(C(=O)OC)[C@H](C)[C@H](NC(=O)[C@H](OC)c1ccccc1)C(N)=O. The highest BCUT2D eigenvalue weighted by molar-refractivity contribution is 5.97. The lowest BCUT2D eigenvalue weighted by molar-refractivity contribution is -0.162. The average Bonchev–Trinajstić information content (AvgIpc) is 2.66. The van der Waals surface area contributed by atoms with Crippen LogP contribution in [0.2, 0.25) is 0 Å². The fourth-order valence-electron chi connectivity index (χ4n) is 2.68. The molecule has 3 atom stereocenters. The molecule has 1 aromatic carbocycles. The summed E-state index contributed by atoms with van der Waals surface area (Å²) in [6.07, 6.45) is -1.00. The number of methoxy groups -OCH3 is 3. The lowest BCUT2D eigenvalue weighted by Gasteiger charge is -2.28. The highest BCUT2D eigenvalue weighted by Gasteiger charge is 2.41. The molecule has 0 saturated carbocycles. The van der Waals surface area contributed by atoms with E-state index in [0.29, 0.717) is 5.56 Å². The lowest BCUT2D eigenvalue weighted by Crippen LogP contribution is -2.53. The largest absolute Gasteiger partial charge is 0.468 e. The van der Waals surface area contributed by atoms with Crippen molar-refractivity contribution in [3.8, 4) is 0 Å². The van der Waals surface area contributed by atoms with Crippen LogP contribution in [0.5, 0.6) is 0 Å². The zero-order chi connectivity index (χ0) is 20.6. The van der Waals surface area contributed by atoms with Crippen LogP contribution in [0.15, 0.2) is 30.3 Å². The minimum atomic E-state index is -1.43. The molecular formula is C18H24N2O7. The van der Waals surface area contributed by atoms with Crippen molar-refractivity contribution in [1.29, 1.82) is 0 Å². The molecule has 27 heavy (non-hydrogen) atoms. The summed E-state index contributed by atoms with van der Waals surface area (Å²) in [5.74, 6) is -5.82. The number of nitrogens with one attached hydrogen (secondary N) is 1. The summed E-state index contributed by atoms with van der Waals surface area (Å²) in [5, 5.41) is 2.45. The number of hydrogen-bond donors (Lipinski definition) is 2. The maximum absolute atomic E-state index is 12.6. The van der Waals surface area contributed by atoms with Gasteiger partial charge in [-0.05, 0) is 5.56 Å². The molecular weight excluding hydrogens is 356 g/mol. The van der Waals surface area contributed by atoms with Crippen LogP contribution in [-0.4, -0.2) is 51.1 Å². The number of ether oxygens (including phenoxy) is 3. The lowest BCUT2D eigenvalue weighted by atomic mass is 9.86. The third-order valence-electron chi connectivity index (χ3n) is 4.14. The minimum absolute atomic E-state index is 0.561. The van der Waals surface area contributed by atoms with Crippen LogP contribution < -0.4 is 11.1 Å². The Morgan fingerprint density at radius 3 is 1.89 bits per heavy atom.